The molecular weight excluding hydrogens is 428 g/mol. The van der Waals surface area contributed by atoms with Crippen molar-refractivity contribution in [3.8, 4) is 5.75 Å². The number of rotatable bonds is 12. The van der Waals surface area contributed by atoms with Crippen molar-refractivity contribution >= 4 is 17.7 Å². The Morgan fingerprint density at radius 3 is 2.27 bits per heavy atom. The smallest absolute Gasteiger partial charge is 0.243 e. The molecule has 0 saturated carbocycles. The second-order valence-electron chi connectivity index (χ2n) is 9.67. The molecule has 0 aliphatic carbocycles. The molecule has 0 heterocycles. The van der Waals surface area contributed by atoms with Crippen LogP contribution in [0.1, 0.15) is 46.6 Å². The third kappa shape index (κ3) is 9.46. The number of nitrogens with zero attached hydrogens (tertiary/aromatic N) is 1. The van der Waals surface area contributed by atoms with Crippen LogP contribution in [0.5, 0.6) is 5.75 Å². The molecule has 3 amide bonds. The minimum absolute atomic E-state index is 0.0599. The van der Waals surface area contributed by atoms with Crippen LogP contribution in [0.2, 0.25) is 0 Å². The zero-order valence-electron chi connectivity index (χ0n) is 20.2. The second-order valence-corrected chi connectivity index (χ2v) is 9.67. The van der Waals surface area contributed by atoms with Gasteiger partial charge in [-0.25, -0.2) is 0 Å². The molecule has 0 aliphatic rings. The Kier molecular flexibility index (Phi) is 10.3. The van der Waals surface area contributed by atoms with Gasteiger partial charge in [0.2, 0.25) is 24.3 Å². The SMILES string of the molecule is COc1cccc(C[C@@H](NC(=O)[C@@H](NC(=O)[C@H](CC(C)C)C[N+](=O)[O-])C(C)(C)C)C(N)=O)c1. The van der Waals surface area contributed by atoms with Crippen molar-refractivity contribution in [1.29, 1.82) is 0 Å². The molecule has 0 bridgehead atoms. The lowest BCUT2D eigenvalue weighted by atomic mass is 9.85. The number of nitrogens with two attached hydrogens (primary N) is 1. The molecule has 0 aliphatic heterocycles. The van der Waals surface area contributed by atoms with E-state index in [2.05, 4.69) is 10.6 Å². The van der Waals surface area contributed by atoms with E-state index in [0.29, 0.717) is 12.2 Å². The van der Waals surface area contributed by atoms with Crippen molar-refractivity contribution in [2.75, 3.05) is 13.7 Å². The van der Waals surface area contributed by atoms with Crippen LogP contribution < -0.4 is 21.1 Å². The van der Waals surface area contributed by atoms with Gasteiger partial charge in [0, 0.05) is 11.3 Å². The van der Waals surface area contributed by atoms with Crippen molar-refractivity contribution in [2.24, 2.45) is 23.0 Å². The van der Waals surface area contributed by atoms with Gasteiger partial charge in [0.15, 0.2) is 0 Å². The summed E-state index contributed by atoms with van der Waals surface area (Å²) in [7, 11) is 1.52. The van der Waals surface area contributed by atoms with Gasteiger partial charge in [0.25, 0.3) is 0 Å². The molecule has 10 heteroatoms. The number of carbonyl (C=O) groups excluding carboxylic acids is 3. The Balaban J connectivity index is 3.05. The van der Waals surface area contributed by atoms with Crippen LogP contribution in [-0.4, -0.2) is 48.4 Å². The van der Waals surface area contributed by atoms with Crippen LogP contribution in [0, 0.1) is 27.4 Å². The molecule has 0 unspecified atom stereocenters. The summed E-state index contributed by atoms with van der Waals surface area (Å²) in [5.41, 5.74) is 5.53. The van der Waals surface area contributed by atoms with Gasteiger partial charge in [-0.15, -0.1) is 0 Å². The summed E-state index contributed by atoms with van der Waals surface area (Å²) >= 11 is 0. The van der Waals surface area contributed by atoms with Gasteiger partial charge in [-0.2, -0.15) is 0 Å². The number of nitrogens with one attached hydrogen (secondary N) is 2. The van der Waals surface area contributed by atoms with Crippen LogP contribution in [-0.2, 0) is 20.8 Å². The normalized spacial score (nSPS) is 14.2. The van der Waals surface area contributed by atoms with Crippen LogP contribution in [0.15, 0.2) is 24.3 Å². The van der Waals surface area contributed by atoms with Crippen LogP contribution >= 0.6 is 0 Å². The number of amides is 3. The fourth-order valence-electron chi connectivity index (χ4n) is 3.46. The lowest BCUT2D eigenvalue weighted by Crippen LogP contribution is -2.58. The maximum absolute atomic E-state index is 13.1. The monoisotopic (exact) mass is 464 g/mol. The van der Waals surface area contributed by atoms with E-state index < -0.39 is 52.6 Å². The van der Waals surface area contributed by atoms with Crippen LogP contribution in [0.4, 0.5) is 0 Å². The lowest BCUT2D eigenvalue weighted by Gasteiger charge is -2.32. The molecule has 0 saturated heterocycles. The largest absolute Gasteiger partial charge is 0.497 e. The molecule has 33 heavy (non-hydrogen) atoms. The number of primary amides is 1. The van der Waals surface area contributed by atoms with Crippen molar-refractivity contribution in [1.82, 2.24) is 10.6 Å². The number of hydrogen-bond donors (Lipinski definition) is 3. The summed E-state index contributed by atoms with van der Waals surface area (Å²) < 4.78 is 5.18. The third-order valence-electron chi connectivity index (χ3n) is 5.14. The van der Waals surface area contributed by atoms with E-state index >= 15 is 0 Å². The fourth-order valence-corrected chi connectivity index (χ4v) is 3.46. The Morgan fingerprint density at radius 1 is 1.15 bits per heavy atom. The van der Waals surface area contributed by atoms with E-state index in [0.717, 1.165) is 5.56 Å². The lowest BCUT2D eigenvalue weighted by molar-refractivity contribution is -0.486. The molecule has 1 aromatic rings. The molecule has 4 N–H and O–H groups in total. The summed E-state index contributed by atoms with van der Waals surface area (Å²) in [6, 6.07) is 4.98. The quantitative estimate of drug-likeness (QED) is 0.316. The maximum atomic E-state index is 13.1. The van der Waals surface area contributed by atoms with E-state index in [4.69, 9.17) is 10.5 Å². The first-order chi connectivity index (χ1) is 15.2. The van der Waals surface area contributed by atoms with Crippen LogP contribution in [0.3, 0.4) is 0 Å². The highest BCUT2D eigenvalue weighted by Gasteiger charge is 2.37. The third-order valence-corrected chi connectivity index (χ3v) is 5.14. The van der Waals surface area contributed by atoms with Crippen LogP contribution in [0.25, 0.3) is 0 Å². The Bertz CT molecular complexity index is 850. The van der Waals surface area contributed by atoms with Gasteiger partial charge in [0.1, 0.15) is 23.8 Å². The van der Waals surface area contributed by atoms with Crippen molar-refractivity contribution < 1.29 is 24.0 Å². The van der Waals surface area contributed by atoms with Gasteiger partial charge in [-0.05, 0) is 35.4 Å². The summed E-state index contributed by atoms with van der Waals surface area (Å²) in [6.07, 6.45) is 0.450. The summed E-state index contributed by atoms with van der Waals surface area (Å²) in [5.74, 6) is -2.10. The Labute approximate surface area is 194 Å². The predicted octanol–water partition coefficient (Wildman–Crippen LogP) is 1.68. The maximum Gasteiger partial charge on any atom is 0.243 e. The standard InChI is InChI=1S/C23H36N4O6/c1-14(2)10-16(13-27(31)32)21(29)26-19(23(3,4)5)22(30)25-18(20(24)28)12-15-8-7-9-17(11-15)33-6/h7-9,11,14,16,18-19H,10,12-13H2,1-6H3,(H2,24,28)(H,25,30)(H,26,29)/t16-,18-,19-/m1/s1. The van der Waals surface area contributed by atoms with E-state index in [1.54, 1.807) is 45.0 Å². The highest BCUT2D eigenvalue weighted by molar-refractivity contribution is 5.92. The van der Waals surface area contributed by atoms with Gasteiger partial charge in [-0.1, -0.05) is 46.8 Å². The molecule has 3 atom stereocenters. The molecule has 1 aromatic carbocycles. The average Bonchev–Trinajstić information content (AvgIpc) is 2.69. The van der Waals surface area contributed by atoms with Crippen molar-refractivity contribution in [2.45, 2.75) is 59.5 Å². The first kappa shape index (κ1) is 27.9. The Morgan fingerprint density at radius 2 is 1.79 bits per heavy atom. The highest BCUT2D eigenvalue weighted by Crippen LogP contribution is 2.22. The van der Waals surface area contributed by atoms with Gasteiger partial charge in [-0.3, -0.25) is 24.5 Å². The molecule has 1 rings (SSSR count). The zero-order chi connectivity index (χ0) is 25.3. The summed E-state index contributed by atoms with van der Waals surface area (Å²) in [4.78, 5) is 48.5. The minimum atomic E-state index is -1.03. The van der Waals surface area contributed by atoms with E-state index in [-0.39, 0.29) is 12.3 Å². The second kappa shape index (κ2) is 12.2. The number of nitro groups is 1. The number of methoxy groups -OCH3 is 1. The molecule has 184 valence electrons. The number of ether oxygens (including phenoxy) is 1. The van der Waals surface area contributed by atoms with E-state index in [1.165, 1.54) is 7.11 Å². The van der Waals surface area contributed by atoms with E-state index in [1.807, 2.05) is 13.8 Å². The van der Waals surface area contributed by atoms with Gasteiger partial charge in [0.05, 0.1) is 7.11 Å². The molecule has 0 spiro atoms. The van der Waals surface area contributed by atoms with Gasteiger partial charge < -0.3 is 21.1 Å². The number of carbonyl (C=O) groups is 3. The summed E-state index contributed by atoms with van der Waals surface area (Å²) in [6.45, 7) is 8.47. The predicted molar refractivity (Wildman–Crippen MR) is 124 cm³/mol. The van der Waals surface area contributed by atoms with Crippen molar-refractivity contribution in [3.05, 3.63) is 39.9 Å². The summed E-state index contributed by atoms with van der Waals surface area (Å²) in [5, 5.41) is 16.3. The van der Waals surface area contributed by atoms with Crippen molar-refractivity contribution in [3.63, 3.8) is 0 Å². The number of benzene rings is 1. The minimum Gasteiger partial charge on any atom is -0.497 e. The molecule has 10 nitrogen and oxygen atoms in total. The first-order valence-corrected chi connectivity index (χ1v) is 10.9. The first-order valence-electron chi connectivity index (χ1n) is 10.9. The topological polar surface area (TPSA) is 154 Å². The highest BCUT2D eigenvalue weighted by atomic mass is 16.6. The van der Waals surface area contributed by atoms with E-state index in [9.17, 15) is 24.5 Å². The molecule has 0 aromatic heterocycles. The Hall–Kier alpha value is -3.17. The number of hydrogen-bond acceptors (Lipinski definition) is 6. The molecule has 0 radical (unpaired) electrons. The fraction of sp³-hybridized carbons (Fsp3) is 0.609. The van der Waals surface area contributed by atoms with Gasteiger partial charge >= 0.3 is 0 Å². The molecular formula is C23H36N4O6. The zero-order valence-corrected chi connectivity index (χ0v) is 20.2. The molecule has 0 fully saturated rings. The average molecular weight is 465 g/mol.